The summed E-state index contributed by atoms with van der Waals surface area (Å²) in [6, 6.07) is -1.75. The van der Waals surface area contributed by atoms with Gasteiger partial charge in [-0.3, -0.25) is 19.3 Å². The number of methoxy groups -OCH3 is 1. The van der Waals surface area contributed by atoms with Crippen molar-refractivity contribution in [2.24, 2.45) is 11.8 Å². The van der Waals surface area contributed by atoms with E-state index >= 15 is 0 Å². The predicted octanol–water partition coefficient (Wildman–Crippen LogP) is 1.42. The quantitative estimate of drug-likeness (QED) is 0.306. The van der Waals surface area contributed by atoms with E-state index in [0.717, 1.165) is 25.8 Å². The van der Waals surface area contributed by atoms with Gasteiger partial charge in [0.05, 0.1) is 25.7 Å². The summed E-state index contributed by atoms with van der Waals surface area (Å²) in [5.74, 6) is -1.01. The first-order chi connectivity index (χ1) is 15.9. The molecule has 34 heavy (non-hydrogen) atoms. The predicted molar refractivity (Wildman–Crippen MR) is 130 cm³/mol. The molecule has 0 aromatic heterocycles. The molecule has 0 spiro atoms. The van der Waals surface area contributed by atoms with Crippen molar-refractivity contribution in [3.8, 4) is 0 Å². The Morgan fingerprint density at radius 2 is 1.71 bits per heavy atom. The van der Waals surface area contributed by atoms with Gasteiger partial charge in [0, 0.05) is 12.6 Å². The molecule has 2 unspecified atom stereocenters. The summed E-state index contributed by atoms with van der Waals surface area (Å²) in [5.41, 5.74) is 0.471. The number of piperidine rings is 1. The summed E-state index contributed by atoms with van der Waals surface area (Å²) in [4.78, 5) is 56.1. The fourth-order valence-electron chi connectivity index (χ4n) is 4.54. The molecule has 0 radical (unpaired) electrons. The summed E-state index contributed by atoms with van der Waals surface area (Å²) in [6.07, 6.45) is 4.66. The van der Waals surface area contributed by atoms with Gasteiger partial charge in [0.15, 0.2) is 0 Å². The van der Waals surface area contributed by atoms with Gasteiger partial charge in [-0.1, -0.05) is 40.2 Å². The molecule has 3 amide bonds. The van der Waals surface area contributed by atoms with Gasteiger partial charge in [-0.05, 0) is 45.2 Å². The molecule has 192 valence electrons. The summed E-state index contributed by atoms with van der Waals surface area (Å²) in [6.45, 7) is 10.7. The lowest BCUT2D eigenvalue weighted by molar-refractivity contribution is -0.142. The number of likely N-dealkylation sites (N-methyl/N-ethyl adjacent to an activating group) is 2. The monoisotopic (exact) mass is 478 g/mol. The maximum Gasteiger partial charge on any atom is 0.330 e. The minimum absolute atomic E-state index is 0.0373. The molecule has 0 aromatic rings. The van der Waals surface area contributed by atoms with E-state index in [9.17, 15) is 19.2 Å². The first-order valence-corrected chi connectivity index (χ1v) is 12.2. The smallest absolute Gasteiger partial charge is 0.330 e. The molecule has 9 nitrogen and oxygen atoms in total. The van der Waals surface area contributed by atoms with E-state index in [4.69, 9.17) is 4.74 Å². The Bertz CT molecular complexity index is 809. The van der Waals surface area contributed by atoms with Crippen LogP contribution in [0.2, 0.25) is 0 Å². The number of nitrogens with one attached hydrogen (secondary N) is 1. The lowest BCUT2D eigenvalue weighted by Crippen LogP contribution is -2.57. The minimum atomic E-state index is -0.658. The lowest BCUT2D eigenvalue weighted by atomic mass is 9.96. The number of esters is 1. The number of amides is 3. The van der Waals surface area contributed by atoms with Crippen LogP contribution in [-0.4, -0.2) is 96.9 Å². The van der Waals surface area contributed by atoms with Gasteiger partial charge in [-0.15, -0.1) is 0 Å². The van der Waals surface area contributed by atoms with Crippen molar-refractivity contribution in [1.82, 2.24) is 20.0 Å². The molecule has 2 rings (SSSR count). The molecule has 1 N–H and O–H groups in total. The van der Waals surface area contributed by atoms with E-state index < -0.39 is 18.1 Å². The van der Waals surface area contributed by atoms with Crippen LogP contribution in [-0.2, 0) is 23.9 Å². The van der Waals surface area contributed by atoms with Gasteiger partial charge >= 0.3 is 5.97 Å². The van der Waals surface area contributed by atoms with Crippen LogP contribution in [0.15, 0.2) is 11.6 Å². The average molecular weight is 479 g/mol. The maximum absolute atomic E-state index is 13.5. The van der Waals surface area contributed by atoms with E-state index in [-0.39, 0.29) is 41.6 Å². The third-order valence-corrected chi connectivity index (χ3v) is 6.89. The Kier molecular flexibility index (Phi) is 9.67. The van der Waals surface area contributed by atoms with Crippen LogP contribution < -0.4 is 5.32 Å². The van der Waals surface area contributed by atoms with Crippen LogP contribution in [0.25, 0.3) is 0 Å². The molecule has 2 aliphatic rings. The highest BCUT2D eigenvalue weighted by atomic mass is 16.5. The zero-order valence-electron chi connectivity index (χ0n) is 22.0. The fourth-order valence-corrected chi connectivity index (χ4v) is 4.54. The highest BCUT2D eigenvalue weighted by molar-refractivity contribution is 5.99. The third kappa shape index (κ3) is 6.58. The van der Waals surface area contributed by atoms with Gasteiger partial charge < -0.3 is 19.9 Å². The Labute approximate surface area is 203 Å². The first-order valence-electron chi connectivity index (χ1n) is 12.2. The number of ether oxygens (including phenoxy) is 1. The first kappa shape index (κ1) is 27.8. The molecule has 9 heteroatoms. The normalized spacial score (nSPS) is 22.9. The minimum Gasteiger partial charge on any atom is -0.467 e. The van der Waals surface area contributed by atoms with Crippen LogP contribution in [0.1, 0.15) is 53.9 Å². The lowest BCUT2D eigenvalue weighted by Gasteiger charge is -2.36. The number of likely N-dealkylation sites (tertiary alicyclic amines) is 1. The molecule has 2 fully saturated rings. The Morgan fingerprint density at radius 1 is 1.06 bits per heavy atom. The van der Waals surface area contributed by atoms with Crippen LogP contribution in [0.3, 0.4) is 0 Å². The van der Waals surface area contributed by atoms with Crippen LogP contribution >= 0.6 is 0 Å². The van der Waals surface area contributed by atoms with Crippen molar-refractivity contribution >= 4 is 23.7 Å². The van der Waals surface area contributed by atoms with E-state index in [1.165, 1.54) is 12.0 Å². The molecule has 0 saturated carbocycles. The number of hydrogen-bond acceptors (Lipinski definition) is 6. The van der Waals surface area contributed by atoms with Crippen LogP contribution in [0.4, 0.5) is 0 Å². The largest absolute Gasteiger partial charge is 0.467 e. The second kappa shape index (κ2) is 11.8. The van der Waals surface area contributed by atoms with Gasteiger partial charge in [0.1, 0.15) is 12.1 Å². The standard InChI is InChI=1S/C25H42N4O5/c1-15(2)19(13-17(5)23(31)29-14-20(29)25(33)34-8)28(7)24(32)21(16(3)4)26-22(30)18-11-9-10-12-27(18)6/h13,15-16,18-21H,9-12,14H2,1-8H3,(H,26,30)/t18?,19-,20?,21+,29?/m1/s1. The zero-order valence-corrected chi connectivity index (χ0v) is 22.0. The van der Waals surface area contributed by atoms with E-state index in [1.807, 2.05) is 39.6 Å². The average Bonchev–Trinajstić information content (AvgIpc) is 3.59. The topological polar surface area (TPSA) is 99.0 Å². The zero-order chi connectivity index (χ0) is 25.7. The SMILES string of the molecule is COC(=O)C1CN1C(=O)C(C)=C[C@H](C(C)C)N(C)C(=O)[C@@H](NC(=O)C1CCCCN1C)C(C)C. The fraction of sp³-hybridized carbons (Fsp3) is 0.760. The van der Waals surface area contributed by atoms with Gasteiger partial charge in [-0.2, -0.15) is 0 Å². The van der Waals surface area contributed by atoms with Crippen LogP contribution in [0, 0.1) is 11.8 Å². The summed E-state index contributed by atoms with van der Waals surface area (Å²) in [7, 11) is 4.96. The summed E-state index contributed by atoms with van der Waals surface area (Å²) < 4.78 is 4.71. The number of carbonyl (C=O) groups excluding carboxylic acids is 4. The van der Waals surface area contributed by atoms with E-state index in [2.05, 4.69) is 5.32 Å². The molecule has 4 atom stereocenters. The van der Waals surface area contributed by atoms with Crippen molar-refractivity contribution in [3.05, 3.63) is 11.6 Å². The third-order valence-electron chi connectivity index (χ3n) is 6.89. The number of rotatable bonds is 9. The van der Waals surface area contributed by atoms with Crippen LogP contribution in [0.5, 0.6) is 0 Å². The molecule has 2 aliphatic heterocycles. The Hall–Kier alpha value is -2.42. The second-order valence-electron chi connectivity index (χ2n) is 10.3. The van der Waals surface area contributed by atoms with Crippen molar-refractivity contribution in [3.63, 3.8) is 0 Å². The molecule has 2 saturated heterocycles. The highest BCUT2D eigenvalue weighted by Crippen LogP contribution is 2.24. The number of nitrogens with zero attached hydrogens (tertiary/aromatic N) is 3. The van der Waals surface area contributed by atoms with Crippen molar-refractivity contribution in [1.29, 1.82) is 0 Å². The van der Waals surface area contributed by atoms with E-state index in [1.54, 1.807) is 24.9 Å². The number of carbonyl (C=O) groups is 4. The van der Waals surface area contributed by atoms with Gasteiger partial charge in [0.25, 0.3) is 0 Å². The van der Waals surface area contributed by atoms with Crippen molar-refractivity contribution < 1.29 is 23.9 Å². The molecule has 0 bridgehead atoms. The number of hydrogen-bond donors (Lipinski definition) is 1. The van der Waals surface area contributed by atoms with Crippen molar-refractivity contribution in [2.45, 2.75) is 78.0 Å². The summed E-state index contributed by atoms with van der Waals surface area (Å²) in [5, 5.41) is 3.00. The molecule has 2 heterocycles. The Balaban J connectivity index is 2.14. The summed E-state index contributed by atoms with van der Waals surface area (Å²) >= 11 is 0. The molecular formula is C25H42N4O5. The molecule has 0 aromatic carbocycles. The van der Waals surface area contributed by atoms with Crippen molar-refractivity contribution in [2.75, 3.05) is 34.3 Å². The van der Waals surface area contributed by atoms with E-state index in [0.29, 0.717) is 12.1 Å². The maximum atomic E-state index is 13.5. The highest BCUT2D eigenvalue weighted by Gasteiger charge is 2.45. The van der Waals surface area contributed by atoms with Gasteiger partial charge in [-0.25, -0.2) is 4.79 Å². The molecular weight excluding hydrogens is 436 g/mol. The Morgan fingerprint density at radius 3 is 2.24 bits per heavy atom. The second-order valence-corrected chi connectivity index (χ2v) is 10.3. The molecule has 0 aliphatic carbocycles. The van der Waals surface area contributed by atoms with Gasteiger partial charge in [0.2, 0.25) is 17.7 Å².